The Morgan fingerprint density at radius 2 is 1.94 bits per heavy atom. The topological polar surface area (TPSA) is 66.5 Å². The van der Waals surface area contributed by atoms with E-state index in [0.717, 1.165) is 35.2 Å². The van der Waals surface area contributed by atoms with Gasteiger partial charge < -0.3 is 10.1 Å². The van der Waals surface area contributed by atoms with E-state index >= 15 is 0 Å². The molecule has 4 heterocycles. The third-order valence-electron chi connectivity index (χ3n) is 6.52. The summed E-state index contributed by atoms with van der Waals surface area (Å²) < 4.78 is 21.8. The molecule has 3 fully saturated rings. The molecule has 5 atom stereocenters. The number of rotatable bonds is 5. The Labute approximate surface area is 188 Å². The SMILES string of the molecule is Fc1cccc(C2O[C@H]2N2CC3CC(Nc4ccc(Br)cn4)C2C3)c1-c1ncccn1. The summed E-state index contributed by atoms with van der Waals surface area (Å²) in [6.45, 7) is 1.02. The first-order valence-corrected chi connectivity index (χ1v) is 11.3. The number of pyridine rings is 1. The molecule has 2 aliphatic heterocycles. The van der Waals surface area contributed by atoms with E-state index in [0.29, 0.717) is 29.4 Å². The molecule has 1 N–H and O–H groups in total. The molecule has 158 valence electrons. The summed E-state index contributed by atoms with van der Waals surface area (Å²) in [6.07, 6.45) is 7.16. The van der Waals surface area contributed by atoms with Gasteiger partial charge in [-0.15, -0.1) is 0 Å². The maximum Gasteiger partial charge on any atom is 0.162 e. The van der Waals surface area contributed by atoms with Gasteiger partial charge in [0.2, 0.25) is 0 Å². The summed E-state index contributed by atoms with van der Waals surface area (Å²) in [6, 6.07) is 11.6. The highest BCUT2D eigenvalue weighted by molar-refractivity contribution is 9.10. The molecule has 2 aromatic heterocycles. The number of halogens is 2. The highest BCUT2D eigenvalue weighted by atomic mass is 79.9. The van der Waals surface area contributed by atoms with Gasteiger partial charge in [0, 0.05) is 41.7 Å². The summed E-state index contributed by atoms with van der Waals surface area (Å²) in [7, 11) is 0. The van der Waals surface area contributed by atoms with Crippen LogP contribution in [-0.4, -0.2) is 44.7 Å². The molecule has 6 nitrogen and oxygen atoms in total. The van der Waals surface area contributed by atoms with Gasteiger partial charge in [-0.05, 0) is 64.5 Å². The summed E-state index contributed by atoms with van der Waals surface area (Å²) in [5.41, 5.74) is 1.26. The van der Waals surface area contributed by atoms with Crippen molar-refractivity contribution >= 4 is 21.7 Å². The van der Waals surface area contributed by atoms with Crippen LogP contribution in [0.2, 0.25) is 0 Å². The van der Waals surface area contributed by atoms with E-state index in [9.17, 15) is 4.39 Å². The summed E-state index contributed by atoms with van der Waals surface area (Å²) in [5, 5.41) is 3.60. The number of hydrogen-bond donors (Lipinski definition) is 1. The van der Waals surface area contributed by atoms with Gasteiger partial charge in [0.1, 0.15) is 24.0 Å². The van der Waals surface area contributed by atoms with Gasteiger partial charge in [0.15, 0.2) is 5.82 Å². The summed E-state index contributed by atoms with van der Waals surface area (Å²) in [5.74, 6) is 1.62. The van der Waals surface area contributed by atoms with Crippen LogP contribution in [-0.2, 0) is 4.74 Å². The fourth-order valence-electron chi connectivity index (χ4n) is 5.19. The lowest BCUT2D eigenvalue weighted by molar-refractivity contribution is 0.128. The molecule has 4 unspecified atom stereocenters. The Hall–Kier alpha value is -2.42. The number of anilines is 1. The highest BCUT2D eigenvalue weighted by Gasteiger charge is 2.55. The molecule has 8 heteroatoms. The quantitative estimate of drug-likeness (QED) is 0.544. The highest BCUT2D eigenvalue weighted by Crippen LogP contribution is 2.50. The molecule has 1 saturated carbocycles. The number of ether oxygens (including phenoxy) is 1. The number of nitrogens with one attached hydrogen (secondary N) is 1. The Kier molecular flexibility index (Phi) is 4.74. The van der Waals surface area contributed by atoms with Crippen LogP contribution in [0.4, 0.5) is 10.2 Å². The molecule has 3 aliphatic rings. The average Bonchev–Trinajstić information content (AvgIpc) is 3.34. The van der Waals surface area contributed by atoms with Crippen molar-refractivity contribution in [2.75, 3.05) is 11.9 Å². The van der Waals surface area contributed by atoms with Gasteiger partial charge in [-0.1, -0.05) is 12.1 Å². The number of fused-ring (bicyclic) bond motifs is 2. The Balaban J connectivity index is 1.22. The zero-order chi connectivity index (χ0) is 20.9. The Morgan fingerprint density at radius 3 is 2.71 bits per heavy atom. The smallest absolute Gasteiger partial charge is 0.162 e. The molecule has 0 spiro atoms. The minimum absolute atomic E-state index is 0.0401. The molecule has 3 aromatic rings. The standard InChI is InChI=1S/C23H21BrFN5O/c24-14-5-6-19(28-11-14)29-17-9-13-10-18(17)30(12-13)23-21(31-23)15-3-1-4-16(25)20(15)22-26-7-2-8-27-22/h1-8,11,13,17-18,21,23H,9-10,12H2,(H,28,29)/t13?,17?,18?,21?,23-/m1/s1. The van der Waals surface area contributed by atoms with Gasteiger partial charge in [-0.3, -0.25) is 4.90 Å². The van der Waals surface area contributed by atoms with E-state index in [1.807, 2.05) is 24.4 Å². The zero-order valence-electron chi connectivity index (χ0n) is 16.7. The van der Waals surface area contributed by atoms with Crippen molar-refractivity contribution in [3.8, 4) is 11.4 Å². The third-order valence-corrected chi connectivity index (χ3v) is 6.99. The molecule has 0 radical (unpaired) electrons. The van der Waals surface area contributed by atoms with Crippen molar-refractivity contribution in [2.45, 2.75) is 37.3 Å². The van der Waals surface area contributed by atoms with Crippen LogP contribution in [0.15, 0.2) is 59.5 Å². The van der Waals surface area contributed by atoms with Crippen molar-refractivity contribution in [1.29, 1.82) is 0 Å². The lowest BCUT2D eigenvalue weighted by atomic mass is 10.0. The summed E-state index contributed by atoms with van der Waals surface area (Å²) in [4.78, 5) is 15.4. The average molecular weight is 482 g/mol. The van der Waals surface area contributed by atoms with Gasteiger partial charge in [0.25, 0.3) is 0 Å². The van der Waals surface area contributed by atoms with Crippen LogP contribution in [0.3, 0.4) is 0 Å². The fourth-order valence-corrected chi connectivity index (χ4v) is 5.43. The first-order chi connectivity index (χ1) is 15.2. The van der Waals surface area contributed by atoms with Gasteiger partial charge in [0.05, 0.1) is 5.56 Å². The molecule has 1 aromatic carbocycles. The molecule has 0 amide bonds. The largest absolute Gasteiger partial charge is 0.366 e. The van der Waals surface area contributed by atoms with E-state index in [2.05, 4.69) is 41.1 Å². The lowest BCUT2D eigenvalue weighted by Gasteiger charge is -2.33. The van der Waals surface area contributed by atoms with E-state index < -0.39 is 0 Å². The number of piperidine rings is 1. The van der Waals surface area contributed by atoms with E-state index in [1.165, 1.54) is 6.07 Å². The van der Waals surface area contributed by atoms with Crippen LogP contribution in [0, 0.1) is 11.7 Å². The number of hydrogen-bond acceptors (Lipinski definition) is 6. The van der Waals surface area contributed by atoms with Crippen LogP contribution in [0.25, 0.3) is 11.4 Å². The Morgan fingerprint density at radius 1 is 1.06 bits per heavy atom. The lowest BCUT2D eigenvalue weighted by Crippen LogP contribution is -2.46. The van der Waals surface area contributed by atoms with Crippen LogP contribution < -0.4 is 5.32 Å². The van der Waals surface area contributed by atoms with Crippen molar-refractivity contribution < 1.29 is 9.13 Å². The van der Waals surface area contributed by atoms with Gasteiger partial charge >= 0.3 is 0 Å². The third kappa shape index (κ3) is 3.52. The number of nitrogens with zero attached hydrogens (tertiary/aromatic N) is 4. The first-order valence-electron chi connectivity index (χ1n) is 10.5. The predicted octanol–water partition coefficient (Wildman–Crippen LogP) is 4.41. The molecular formula is C23H21BrFN5O. The maximum atomic E-state index is 14.7. The van der Waals surface area contributed by atoms with Crippen molar-refractivity contribution in [3.05, 3.63) is 70.8 Å². The first kappa shape index (κ1) is 19.3. The monoisotopic (exact) mass is 481 g/mol. The fraction of sp³-hybridized carbons (Fsp3) is 0.348. The normalized spacial score (nSPS) is 29.3. The minimum Gasteiger partial charge on any atom is -0.366 e. The van der Waals surface area contributed by atoms with Crippen molar-refractivity contribution in [2.24, 2.45) is 5.92 Å². The second-order valence-electron chi connectivity index (χ2n) is 8.44. The maximum absolute atomic E-state index is 14.7. The van der Waals surface area contributed by atoms with Gasteiger partial charge in [-0.2, -0.15) is 0 Å². The number of benzene rings is 1. The van der Waals surface area contributed by atoms with Crippen LogP contribution in [0.5, 0.6) is 0 Å². The second kappa shape index (κ2) is 7.62. The summed E-state index contributed by atoms with van der Waals surface area (Å²) >= 11 is 3.43. The van der Waals surface area contributed by atoms with Gasteiger partial charge in [-0.25, -0.2) is 19.3 Å². The van der Waals surface area contributed by atoms with Crippen molar-refractivity contribution in [1.82, 2.24) is 19.9 Å². The van der Waals surface area contributed by atoms with E-state index in [-0.39, 0.29) is 18.1 Å². The van der Waals surface area contributed by atoms with Crippen molar-refractivity contribution in [3.63, 3.8) is 0 Å². The minimum atomic E-state index is -0.318. The van der Waals surface area contributed by atoms with Crippen LogP contribution >= 0.6 is 15.9 Å². The van der Waals surface area contributed by atoms with E-state index in [1.54, 1.807) is 24.5 Å². The number of epoxide rings is 1. The molecule has 2 saturated heterocycles. The molecular weight excluding hydrogens is 461 g/mol. The zero-order valence-corrected chi connectivity index (χ0v) is 18.2. The van der Waals surface area contributed by atoms with Crippen LogP contribution in [0.1, 0.15) is 24.5 Å². The second-order valence-corrected chi connectivity index (χ2v) is 9.35. The number of aromatic nitrogens is 3. The molecule has 6 rings (SSSR count). The van der Waals surface area contributed by atoms with E-state index in [4.69, 9.17) is 4.74 Å². The Bertz CT molecular complexity index is 1100. The molecule has 1 aliphatic carbocycles. The molecule has 2 bridgehead atoms. The molecule has 31 heavy (non-hydrogen) atoms. The predicted molar refractivity (Wildman–Crippen MR) is 118 cm³/mol. The number of likely N-dealkylation sites (tertiary alicyclic amines) is 1.